The standard InChI is InChI=1S/C28H36N2O5/c1-8-20-13-9-10-15-22(20)19-33-23-16-12-11-14-21(23)17-18-24(29-25(31)34-27(2,3)4)30-26(32)35-28(5,6)7/h8-16H,1,17-19H2,2-7H3,(H,29,30,31,32). The van der Waals surface area contributed by atoms with Crippen molar-refractivity contribution < 1.29 is 23.8 Å². The van der Waals surface area contributed by atoms with Crippen LogP contribution in [0.1, 0.15) is 64.7 Å². The number of nitrogens with zero attached hydrogens (tertiary/aromatic N) is 1. The molecule has 0 aliphatic carbocycles. The summed E-state index contributed by atoms with van der Waals surface area (Å²) in [5.41, 5.74) is 1.55. The predicted octanol–water partition coefficient (Wildman–Crippen LogP) is 6.70. The Morgan fingerprint density at radius 3 is 2.14 bits per heavy atom. The number of hydrogen-bond acceptors (Lipinski definition) is 5. The highest BCUT2D eigenvalue weighted by Crippen LogP contribution is 2.22. The summed E-state index contributed by atoms with van der Waals surface area (Å²) < 4.78 is 16.7. The molecule has 7 heteroatoms. The topological polar surface area (TPSA) is 86.2 Å². The van der Waals surface area contributed by atoms with Gasteiger partial charge in [-0.05, 0) is 70.7 Å². The maximum Gasteiger partial charge on any atom is 0.435 e. The highest BCUT2D eigenvalue weighted by molar-refractivity contribution is 6.00. The van der Waals surface area contributed by atoms with E-state index in [-0.39, 0.29) is 12.3 Å². The zero-order chi connectivity index (χ0) is 26.1. The molecule has 7 nitrogen and oxygen atoms in total. The number of aliphatic imine (C=N–C) groups is 1. The van der Waals surface area contributed by atoms with E-state index in [9.17, 15) is 9.59 Å². The number of carbonyl (C=O) groups is 2. The molecule has 0 saturated carbocycles. The van der Waals surface area contributed by atoms with Gasteiger partial charge in [0.25, 0.3) is 0 Å². The average molecular weight is 481 g/mol. The molecule has 0 bridgehead atoms. The molecule has 2 aromatic carbocycles. The van der Waals surface area contributed by atoms with Crippen LogP contribution in [0.25, 0.3) is 6.08 Å². The van der Waals surface area contributed by atoms with Crippen molar-refractivity contribution in [1.29, 1.82) is 0 Å². The molecule has 0 aliphatic heterocycles. The largest absolute Gasteiger partial charge is 0.489 e. The van der Waals surface area contributed by atoms with Gasteiger partial charge in [-0.2, -0.15) is 4.99 Å². The van der Waals surface area contributed by atoms with Crippen LogP contribution in [0.3, 0.4) is 0 Å². The molecule has 0 unspecified atom stereocenters. The van der Waals surface area contributed by atoms with Gasteiger partial charge in [0.15, 0.2) is 0 Å². The lowest BCUT2D eigenvalue weighted by Crippen LogP contribution is -2.37. The molecule has 188 valence electrons. The number of hydrogen-bond donors (Lipinski definition) is 1. The van der Waals surface area contributed by atoms with Crippen molar-refractivity contribution in [2.45, 2.75) is 72.2 Å². The third kappa shape index (κ3) is 10.5. The molecule has 0 atom stereocenters. The molecular formula is C28H36N2O5. The first kappa shape index (κ1) is 27.6. The van der Waals surface area contributed by atoms with Gasteiger partial charge in [-0.25, -0.2) is 9.59 Å². The summed E-state index contributed by atoms with van der Waals surface area (Å²) in [6.07, 6.45) is 1.06. The van der Waals surface area contributed by atoms with E-state index in [1.807, 2.05) is 48.5 Å². The molecular weight excluding hydrogens is 444 g/mol. The van der Waals surface area contributed by atoms with Crippen LogP contribution in [0.15, 0.2) is 60.1 Å². The van der Waals surface area contributed by atoms with E-state index in [1.165, 1.54) is 0 Å². The second kappa shape index (κ2) is 12.2. The fourth-order valence-electron chi connectivity index (χ4n) is 3.09. The second-order valence-electron chi connectivity index (χ2n) is 9.97. The van der Waals surface area contributed by atoms with Crippen LogP contribution in [0.4, 0.5) is 9.59 Å². The Balaban J connectivity index is 2.16. The number of rotatable bonds is 7. The lowest BCUT2D eigenvalue weighted by Gasteiger charge is -2.21. The van der Waals surface area contributed by atoms with Crippen LogP contribution >= 0.6 is 0 Å². The Hall–Kier alpha value is -3.61. The van der Waals surface area contributed by atoms with E-state index < -0.39 is 23.4 Å². The van der Waals surface area contributed by atoms with Crippen molar-refractivity contribution in [3.63, 3.8) is 0 Å². The van der Waals surface area contributed by atoms with E-state index >= 15 is 0 Å². The van der Waals surface area contributed by atoms with Crippen LogP contribution < -0.4 is 10.1 Å². The van der Waals surface area contributed by atoms with Crippen molar-refractivity contribution in [3.05, 3.63) is 71.8 Å². The van der Waals surface area contributed by atoms with Gasteiger partial charge in [0.1, 0.15) is 29.4 Å². The predicted molar refractivity (Wildman–Crippen MR) is 139 cm³/mol. The fourth-order valence-corrected chi connectivity index (χ4v) is 3.09. The van der Waals surface area contributed by atoms with Crippen molar-refractivity contribution in [2.24, 2.45) is 4.99 Å². The third-order valence-electron chi connectivity index (χ3n) is 4.53. The van der Waals surface area contributed by atoms with E-state index in [0.717, 1.165) is 16.7 Å². The van der Waals surface area contributed by atoms with Gasteiger partial charge in [-0.3, -0.25) is 5.32 Å². The summed E-state index contributed by atoms with van der Waals surface area (Å²) in [5.74, 6) is 0.862. The summed E-state index contributed by atoms with van der Waals surface area (Å²) in [5, 5.41) is 2.59. The zero-order valence-corrected chi connectivity index (χ0v) is 21.5. The van der Waals surface area contributed by atoms with Gasteiger partial charge in [0, 0.05) is 6.42 Å². The Morgan fingerprint density at radius 1 is 0.914 bits per heavy atom. The molecule has 0 fully saturated rings. The lowest BCUT2D eigenvalue weighted by molar-refractivity contribution is 0.0561. The highest BCUT2D eigenvalue weighted by atomic mass is 16.6. The van der Waals surface area contributed by atoms with Crippen molar-refractivity contribution in [3.8, 4) is 5.75 Å². The first-order valence-corrected chi connectivity index (χ1v) is 11.6. The maximum absolute atomic E-state index is 12.3. The van der Waals surface area contributed by atoms with E-state index in [2.05, 4.69) is 16.9 Å². The molecule has 0 saturated heterocycles. The molecule has 2 amide bonds. The summed E-state index contributed by atoms with van der Waals surface area (Å²) in [6.45, 7) is 14.8. The Kier molecular flexibility index (Phi) is 9.63. The Morgan fingerprint density at radius 2 is 1.51 bits per heavy atom. The third-order valence-corrected chi connectivity index (χ3v) is 4.53. The van der Waals surface area contributed by atoms with Gasteiger partial charge in [-0.15, -0.1) is 0 Å². The SMILES string of the molecule is C=Cc1ccccc1COc1ccccc1CCC(=NC(=O)OC(C)(C)C)NC(=O)OC(C)(C)C. The fraction of sp³-hybridized carbons (Fsp3) is 0.393. The smallest absolute Gasteiger partial charge is 0.435 e. The maximum atomic E-state index is 12.3. The minimum Gasteiger partial charge on any atom is -0.489 e. The van der Waals surface area contributed by atoms with Crippen LogP contribution in [0, 0.1) is 0 Å². The van der Waals surface area contributed by atoms with Gasteiger partial charge >= 0.3 is 12.2 Å². The second-order valence-corrected chi connectivity index (χ2v) is 9.97. The van der Waals surface area contributed by atoms with Crippen LogP contribution in [0.5, 0.6) is 5.75 Å². The zero-order valence-electron chi connectivity index (χ0n) is 21.5. The Bertz CT molecular complexity index is 1060. The molecule has 0 aliphatic rings. The number of benzene rings is 2. The molecule has 0 spiro atoms. The molecule has 0 aromatic heterocycles. The van der Waals surface area contributed by atoms with Gasteiger partial charge in [0.2, 0.25) is 0 Å². The van der Waals surface area contributed by atoms with E-state index in [1.54, 1.807) is 47.6 Å². The molecule has 35 heavy (non-hydrogen) atoms. The quantitative estimate of drug-likeness (QED) is 0.352. The van der Waals surface area contributed by atoms with Crippen LogP contribution in [-0.4, -0.2) is 29.2 Å². The Labute approximate surface area is 208 Å². The highest BCUT2D eigenvalue weighted by Gasteiger charge is 2.20. The van der Waals surface area contributed by atoms with Crippen LogP contribution in [0.2, 0.25) is 0 Å². The summed E-state index contributed by atoms with van der Waals surface area (Å²) in [7, 11) is 0. The molecule has 1 N–H and O–H groups in total. The van der Waals surface area contributed by atoms with Crippen molar-refractivity contribution >= 4 is 24.1 Å². The van der Waals surface area contributed by atoms with Gasteiger partial charge in [-0.1, -0.05) is 55.1 Å². The molecule has 2 rings (SSSR count). The van der Waals surface area contributed by atoms with Crippen molar-refractivity contribution in [2.75, 3.05) is 0 Å². The van der Waals surface area contributed by atoms with E-state index in [0.29, 0.717) is 18.8 Å². The molecule has 0 heterocycles. The number of ether oxygens (including phenoxy) is 3. The number of para-hydroxylation sites is 1. The minimum absolute atomic E-state index is 0.153. The summed E-state index contributed by atoms with van der Waals surface area (Å²) in [4.78, 5) is 28.6. The number of nitrogens with one attached hydrogen (secondary N) is 1. The van der Waals surface area contributed by atoms with Gasteiger partial charge < -0.3 is 14.2 Å². The van der Waals surface area contributed by atoms with Crippen LogP contribution in [-0.2, 0) is 22.5 Å². The molecule has 2 aromatic rings. The number of aryl methyl sites for hydroxylation is 1. The number of carbonyl (C=O) groups excluding carboxylic acids is 2. The van der Waals surface area contributed by atoms with Gasteiger partial charge in [0.05, 0.1) is 0 Å². The number of amidine groups is 1. The first-order chi connectivity index (χ1) is 16.4. The molecule has 0 radical (unpaired) electrons. The lowest BCUT2D eigenvalue weighted by atomic mass is 10.1. The summed E-state index contributed by atoms with van der Waals surface area (Å²) in [6, 6.07) is 15.5. The normalized spacial score (nSPS) is 12.0. The first-order valence-electron chi connectivity index (χ1n) is 11.6. The minimum atomic E-state index is -0.783. The monoisotopic (exact) mass is 480 g/mol. The van der Waals surface area contributed by atoms with Crippen molar-refractivity contribution in [1.82, 2.24) is 5.32 Å². The number of amides is 2. The summed E-state index contributed by atoms with van der Waals surface area (Å²) >= 11 is 0. The number of alkyl carbamates (subject to hydrolysis) is 1. The average Bonchev–Trinajstić information content (AvgIpc) is 2.74. The van der Waals surface area contributed by atoms with E-state index in [4.69, 9.17) is 14.2 Å².